The first-order valence-electron chi connectivity index (χ1n) is 5.53. The summed E-state index contributed by atoms with van der Waals surface area (Å²) in [5.74, 6) is -0.197. The Labute approximate surface area is 109 Å². The number of ether oxygens (including phenoxy) is 1. The molecule has 0 saturated carbocycles. The second-order valence-electron chi connectivity index (χ2n) is 4.11. The third-order valence-electron chi connectivity index (χ3n) is 2.68. The molecule has 1 aromatic rings. The molecule has 0 bridgehead atoms. The van der Waals surface area contributed by atoms with E-state index in [-0.39, 0.29) is 6.61 Å². The molecular weight excluding hydrogens is 273 g/mol. The normalized spacial score (nSPS) is 23.1. The van der Waals surface area contributed by atoms with E-state index < -0.39 is 19.8 Å². The van der Waals surface area contributed by atoms with Gasteiger partial charge in [-0.3, -0.25) is 14.2 Å². The number of hydrogen-bond acceptors (Lipinski definition) is 6. The number of fused-ring (bicyclic) bond motifs is 1. The predicted molar refractivity (Wildman–Crippen MR) is 65.4 cm³/mol. The first kappa shape index (κ1) is 14.0. The van der Waals surface area contributed by atoms with Crippen LogP contribution in [0.4, 0.5) is 0 Å². The molecule has 1 heterocycles. The van der Waals surface area contributed by atoms with Crippen LogP contribution in [0.15, 0.2) is 18.2 Å². The summed E-state index contributed by atoms with van der Waals surface area (Å²) in [6.45, 7) is -0.0234. The van der Waals surface area contributed by atoms with Crippen molar-refractivity contribution in [1.29, 1.82) is 0 Å². The molecule has 1 unspecified atom stereocenters. The molecular formula is C11H14NO6P. The van der Waals surface area contributed by atoms with Crippen molar-refractivity contribution in [2.75, 3.05) is 7.11 Å². The number of rotatable bonds is 3. The van der Waals surface area contributed by atoms with Crippen LogP contribution >= 0.6 is 7.82 Å². The third kappa shape index (κ3) is 3.33. The summed E-state index contributed by atoms with van der Waals surface area (Å²) in [7, 11) is -2.71. The maximum absolute atomic E-state index is 11.2. The first-order chi connectivity index (χ1) is 8.91. The molecule has 0 saturated heterocycles. The number of hydrogen-bond donors (Lipinski definition) is 2. The van der Waals surface area contributed by atoms with Gasteiger partial charge in [0.2, 0.25) is 0 Å². The average molecular weight is 287 g/mol. The van der Waals surface area contributed by atoms with E-state index in [0.717, 1.165) is 5.56 Å². The highest BCUT2D eigenvalue weighted by Crippen LogP contribution is 2.49. The number of benzene rings is 1. The van der Waals surface area contributed by atoms with Gasteiger partial charge in [0.1, 0.15) is 11.8 Å². The largest absolute Gasteiger partial charge is 0.527 e. The van der Waals surface area contributed by atoms with E-state index >= 15 is 0 Å². The number of nitrogens with two attached hydrogens (primary N) is 1. The number of esters is 1. The molecule has 7 nitrogen and oxygen atoms in total. The van der Waals surface area contributed by atoms with Crippen LogP contribution in [0.1, 0.15) is 11.1 Å². The molecule has 19 heavy (non-hydrogen) atoms. The second kappa shape index (κ2) is 5.30. The SMILES string of the molecule is COC(=O)[C@@H](N)Cc1ccc2c(c1)COP(=O)(O)O2. The second-order valence-corrected chi connectivity index (χ2v) is 5.49. The zero-order valence-corrected chi connectivity index (χ0v) is 11.1. The fraction of sp³-hybridized carbons (Fsp3) is 0.364. The van der Waals surface area contributed by atoms with Gasteiger partial charge in [0, 0.05) is 5.56 Å². The molecule has 0 radical (unpaired) electrons. The van der Waals surface area contributed by atoms with Crippen molar-refractivity contribution in [2.24, 2.45) is 5.73 Å². The van der Waals surface area contributed by atoms with Crippen molar-refractivity contribution in [1.82, 2.24) is 0 Å². The molecule has 1 aliphatic heterocycles. The molecule has 0 aromatic heterocycles. The minimum atomic E-state index is -3.98. The number of carbonyl (C=O) groups excluding carboxylic acids is 1. The predicted octanol–water partition coefficient (Wildman–Crippen LogP) is 0.739. The molecule has 3 N–H and O–H groups in total. The monoisotopic (exact) mass is 287 g/mol. The van der Waals surface area contributed by atoms with Crippen molar-refractivity contribution in [3.05, 3.63) is 29.3 Å². The van der Waals surface area contributed by atoms with Gasteiger partial charge in [-0.25, -0.2) is 4.57 Å². The van der Waals surface area contributed by atoms with Gasteiger partial charge < -0.3 is 15.0 Å². The van der Waals surface area contributed by atoms with E-state index in [1.165, 1.54) is 7.11 Å². The first-order valence-corrected chi connectivity index (χ1v) is 7.03. The number of carbonyl (C=O) groups is 1. The van der Waals surface area contributed by atoms with Crippen LogP contribution in [0.2, 0.25) is 0 Å². The lowest BCUT2D eigenvalue weighted by molar-refractivity contribution is -0.142. The molecule has 1 aromatic carbocycles. The maximum atomic E-state index is 11.2. The summed E-state index contributed by atoms with van der Waals surface area (Å²) in [5.41, 5.74) is 7.08. The van der Waals surface area contributed by atoms with E-state index in [9.17, 15) is 14.3 Å². The molecule has 1 aliphatic rings. The lowest BCUT2D eigenvalue weighted by atomic mass is 10.0. The Morgan fingerprint density at radius 3 is 3.05 bits per heavy atom. The van der Waals surface area contributed by atoms with Crippen LogP contribution in [0.3, 0.4) is 0 Å². The smallest absolute Gasteiger partial charge is 0.468 e. The number of methoxy groups -OCH3 is 1. The number of phosphoric ester groups is 1. The van der Waals surface area contributed by atoms with Crippen molar-refractivity contribution in [3.8, 4) is 5.75 Å². The van der Waals surface area contributed by atoms with Gasteiger partial charge in [-0.2, -0.15) is 0 Å². The average Bonchev–Trinajstić information content (AvgIpc) is 2.37. The molecule has 104 valence electrons. The van der Waals surface area contributed by atoms with Crippen LogP contribution in [-0.2, 0) is 31.6 Å². The van der Waals surface area contributed by atoms with Crippen molar-refractivity contribution >= 4 is 13.8 Å². The Morgan fingerprint density at radius 1 is 1.63 bits per heavy atom. The maximum Gasteiger partial charge on any atom is 0.527 e. The highest BCUT2D eigenvalue weighted by Gasteiger charge is 2.29. The Balaban J connectivity index is 2.14. The van der Waals surface area contributed by atoms with Gasteiger partial charge in [0.05, 0.1) is 13.7 Å². The minimum Gasteiger partial charge on any atom is -0.468 e. The fourth-order valence-electron chi connectivity index (χ4n) is 1.75. The van der Waals surface area contributed by atoms with Crippen LogP contribution in [0, 0.1) is 0 Å². The Morgan fingerprint density at radius 2 is 2.37 bits per heavy atom. The van der Waals surface area contributed by atoms with E-state index in [2.05, 4.69) is 9.26 Å². The highest BCUT2D eigenvalue weighted by molar-refractivity contribution is 7.47. The Kier molecular flexibility index (Phi) is 3.91. The molecule has 0 aliphatic carbocycles. The Bertz CT molecular complexity index is 546. The highest BCUT2D eigenvalue weighted by atomic mass is 31.2. The van der Waals surface area contributed by atoms with E-state index in [1.807, 2.05) is 0 Å². The van der Waals surface area contributed by atoms with Gasteiger partial charge >= 0.3 is 13.8 Å². The lowest BCUT2D eigenvalue weighted by Gasteiger charge is -2.21. The quantitative estimate of drug-likeness (QED) is 0.623. The van der Waals surface area contributed by atoms with Crippen LogP contribution in [0.5, 0.6) is 5.75 Å². The van der Waals surface area contributed by atoms with Crippen molar-refractivity contribution in [3.63, 3.8) is 0 Å². The van der Waals surface area contributed by atoms with Gasteiger partial charge in [-0.05, 0) is 24.1 Å². The topological polar surface area (TPSA) is 108 Å². The molecule has 0 fully saturated rings. The van der Waals surface area contributed by atoms with Gasteiger partial charge in [-0.15, -0.1) is 0 Å². The van der Waals surface area contributed by atoms with Crippen molar-refractivity contribution in [2.45, 2.75) is 19.1 Å². The molecule has 8 heteroatoms. The van der Waals surface area contributed by atoms with Crippen LogP contribution < -0.4 is 10.3 Å². The zero-order chi connectivity index (χ0) is 14.0. The molecule has 2 rings (SSSR count). The van der Waals surface area contributed by atoms with Crippen LogP contribution in [0.25, 0.3) is 0 Å². The fourth-order valence-corrected chi connectivity index (χ4v) is 2.53. The molecule has 0 spiro atoms. The summed E-state index contributed by atoms with van der Waals surface area (Å²) in [6, 6.07) is 4.20. The number of phosphoric acid groups is 1. The van der Waals surface area contributed by atoms with Gasteiger partial charge in [-0.1, -0.05) is 6.07 Å². The Hall–Kier alpha value is -1.40. The van der Waals surface area contributed by atoms with E-state index in [0.29, 0.717) is 17.7 Å². The van der Waals surface area contributed by atoms with Gasteiger partial charge in [0.25, 0.3) is 0 Å². The molecule has 0 amide bonds. The minimum absolute atomic E-state index is 0.0234. The molecule has 2 atom stereocenters. The summed E-state index contributed by atoms with van der Waals surface area (Å²) < 4.78 is 25.3. The lowest BCUT2D eigenvalue weighted by Crippen LogP contribution is -2.33. The summed E-state index contributed by atoms with van der Waals surface area (Å²) >= 11 is 0. The standard InChI is InChI=1S/C11H14NO6P/c1-16-11(13)9(12)5-7-2-3-10-8(4-7)6-17-19(14,15)18-10/h2-4,9H,5-6,12H2,1H3,(H,14,15)/t9-/m0/s1. The van der Waals surface area contributed by atoms with E-state index in [4.69, 9.17) is 10.3 Å². The van der Waals surface area contributed by atoms with E-state index in [1.54, 1.807) is 18.2 Å². The van der Waals surface area contributed by atoms with Gasteiger partial charge in [0.15, 0.2) is 0 Å². The summed E-state index contributed by atoms with van der Waals surface area (Å²) in [5, 5.41) is 0. The van der Waals surface area contributed by atoms with Crippen molar-refractivity contribution < 1.29 is 28.0 Å². The van der Waals surface area contributed by atoms with Crippen LogP contribution in [-0.4, -0.2) is 24.0 Å². The summed E-state index contributed by atoms with van der Waals surface area (Å²) in [6.07, 6.45) is 0.302. The third-order valence-corrected chi connectivity index (χ3v) is 3.56. The summed E-state index contributed by atoms with van der Waals surface area (Å²) in [4.78, 5) is 20.4. The zero-order valence-electron chi connectivity index (χ0n) is 10.2.